The minimum Gasteiger partial charge on any atom is -0.392 e. The molecule has 0 saturated carbocycles. The highest BCUT2D eigenvalue weighted by Gasteiger charge is 2.15. The number of benzene rings is 1. The van der Waals surface area contributed by atoms with Gasteiger partial charge in [-0.1, -0.05) is 19.9 Å². The van der Waals surface area contributed by atoms with Crippen LogP contribution in [0.15, 0.2) is 23.1 Å². The monoisotopic (exact) mass is 300 g/mol. The van der Waals surface area contributed by atoms with Gasteiger partial charge in [-0.15, -0.1) is 0 Å². The van der Waals surface area contributed by atoms with Crippen LogP contribution in [0.1, 0.15) is 25.0 Å². The molecule has 0 bridgehead atoms. The summed E-state index contributed by atoms with van der Waals surface area (Å²) < 4.78 is 26.9. The lowest BCUT2D eigenvalue weighted by atomic mass is 10.1. The maximum absolute atomic E-state index is 12.2. The van der Waals surface area contributed by atoms with Crippen molar-refractivity contribution in [3.05, 3.63) is 29.3 Å². The molecule has 0 heterocycles. The minimum absolute atomic E-state index is 0.158. The zero-order chi connectivity index (χ0) is 15.2. The molecule has 1 aromatic rings. The van der Waals surface area contributed by atoms with E-state index in [0.29, 0.717) is 18.7 Å². The molecular weight excluding hydrogens is 276 g/mol. The summed E-state index contributed by atoms with van der Waals surface area (Å²) in [6.45, 7) is 8.65. The number of aliphatic hydroxyl groups excluding tert-OH is 1. The summed E-state index contributed by atoms with van der Waals surface area (Å²) in [5.74, 6) is 0. The quantitative estimate of drug-likeness (QED) is 0.754. The number of hydrogen-bond donors (Lipinski definition) is 2. The first-order valence-electron chi connectivity index (χ1n) is 6.87. The van der Waals surface area contributed by atoms with Crippen LogP contribution in [0.25, 0.3) is 0 Å². The number of hydrogen-bond acceptors (Lipinski definition) is 4. The van der Waals surface area contributed by atoms with E-state index < -0.39 is 10.0 Å². The Bertz CT molecular complexity index is 525. The Morgan fingerprint density at radius 2 is 1.90 bits per heavy atom. The molecule has 0 saturated heterocycles. The third-order valence-electron chi connectivity index (χ3n) is 3.42. The van der Waals surface area contributed by atoms with Gasteiger partial charge in [0.15, 0.2) is 0 Å². The summed E-state index contributed by atoms with van der Waals surface area (Å²) in [5, 5.41) is 9.20. The van der Waals surface area contributed by atoms with E-state index in [1.807, 2.05) is 20.8 Å². The average Bonchev–Trinajstić information content (AvgIpc) is 2.44. The van der Waals surface area contributed by atoms with Crippen LogP contribution >= 0.6 is 0 Å². The second-order valence-electron chi connectivity index (χ2n) is 4.67. The fourth-order valence-corrected chi connectivity index (χ4v) is 3.02. The smallest absolute Gasteiger partial charge is 0.240 e. The number of aliphatic hydroxyl groups is 1. The lowest BCUT2D eigenvalue weighted by molar-refractivity contribution is 0.280. The number of rotatable bonds is 8. The summed E-state index contributed by atoms with van der Waals surface area (Å²) in [4.78, 5) is 2.35. The van der Waals surface area contributed by atoms with Crippen molar-refractivity contribution in [3.8, 4) is 0 Å². The number of nitrogens with one attached hydrogen (secondary N) is 1. The van der Waals surface area contributed by atoms with Gasteiger partial charge in [0.2, 0.25) is 10.0 Å². The van der Waals surface area contributed by atoms with Gasteiger partial charge >= 0.3 is 0 Å². The van der Waals surface area contributed by atoms with E-state index in [1.165, 1.54) is 6.07 Å². The van der Waals surface area contributed by atoms with Gasteiger partial charge < -0.3 is 10.0 Å². The van der Waals surface area contributed by atoms with Gasteiger partial charge in [0, 0.05) is 13.1 Å². The zero-order valence-corrected chi connectivity index (χ0v) is 13.2. The predicted molar refractivity (Wildman–Crippen MR) is 80.1 cm³/mol. The van der Waals surface area contributed by atoms with Crippen molar-refractivity contribution < 1.29 is 13.5 Å². The predicted octanol–water partition coefficient (Wildman–Crippen LogP) is 1.11. The molecule has 0 spiro atoms. The summed E-state index contributed by atoms with van der Waals surface area (Å²) in [5.41, 5.74) is 1.52. The van der Waals surface area contributed by atoms with Crippen molar-refractivity contribution in [2.24, 2.45) is 0 Å². The molecule has 0 unspecified atom stereocenters. The van der Waals surface area contributed by atoms with Crippen LogP contribution in [0.3, 0.4) is 0 Å². The maximum atomic E-state index is 12.2. The highest BCUT2D eigenvalue weighted by atomic mass is 32.2. The van der Waals surface area contributed by atoms with Crippen molar-refractivity contribution in [3.63, 3.8) is 0 Å². The van der Waals surface area contributed by atoms with E-state index in [9.17, 15) is 13.5 Å². The normalized spacial score (nSPS) is 12.1. The highest BCUT2D eigenvalue weighted by Crippen LogP contribution is 2.15. The van der Waals surface area contributed by atoms with E-state index in [0.717, 1.165) is 18.7 Å². The average molecular weight is 300 g/mol. The lowest BCUT2D eigenvalue weighted by Crippen LogP contribution is -2.34. The molecule has 0 aliphatic carbocycles. The summed E-state index contributed by atoms with van der Waals surface area (Å²) in [6, 6.07) is 4.80. The van der Waals surface area contributed by atoms with Crippen molar-refractivity contribution in [2.75, 3.05) is 26.2 Å². The Morgan fingerprint density at radius 1 is 1.25 bits per heavy atom. The molecule has 0 aromatic heterocycles. The first-order chi connectivity index (χ1) is 9.44. The Morgan fingerprint density at radius 3 is 2.45 bits per heavy atom. The summed E-state index contributed by atoms with van der Waals surface area (Å²) in [7, 11) is -3.51. The summed E-state index contributed by atoms with van der Waals surface area (Å²) >= 11 is 0. The van der Waals surface area contributed by atoms with Gasteiger partial charge in [-0.2, -0.15) is 0 Å². The molecule has 20 heavy (non-hydrogen) atoms. The molecule has 1 aromatic carbocycles. The Labute approximate surface area is 121 Å². The third-order valence-corrected chi connectivity index (χ3v) is 4.87. The van der Waals surface area contributed by atoms with Crippen LogP contribution in [0.4, 0.5) is 0 Å². The molecule has 5 nitrogen and oxygen atoms in total. The van der Waals surface area contributed by atoms with E-state index in [2.05, 4.69) is 9.62 Å². The van der Waals surface area contributed by atoms with Crippen molar-refractivity contribution in [1.82, 2.24) is 9.62 Å². The Balaban J connectivity index is 2.74. The number of nitrogens with zero attached hydrogens (tertiary/aromatic N) is 1. The lowest BCUT2D eigenvalue weighted by Gasteiger charge is -2.18. The molecule has 0 atom stereocenters. The maximum Gasteiger partial charge on any atom is 0.240 e. The van der Waals surface area contributed by atoms with Gasteiger partial charge in [-0.05, 0) is 43.3 Å². The SMILES string of the molecule is CCN(CC)CCNS(=O)(=O)c1ccc(C)c(CO)c1. The van der Waals surface area contributed by atoms with Gasteiger partial charge in [0.1, 0.15) is 0 Å². The fraction of sp³-hybridized carbons (Fsp3) is 0.571. The molecule has 0 fully saturated rings. The van der Waals surface area contributed by atoms with Crippen molar-refractivity contribution in [1.29, 1.82) is 0 Å². The van der Waals surface area contributed by atoms with Crippen LogP contribution in [0.5, 0.6) is 0 Å². The van der Waals surface area contributed by atoms with Gasteiger partial charge in [0.25, 0.3) is 0 Å². The molecule has 2 N–H and O–H groups in total. The van der Waals surface area contributed by atoms with Gasteiger partial charge in [-0.3, -0.25) is 0 Å². The molecular formula is C14H24N2O3S. The van der Waals surface area contributed by atoms with E-state index >= 15 is 0 Å². The zero-order valence-electron chi connectivity index (χ0n) is 12.4. The van der Waals surface area contributed by atoms with Gasteiger partial charge in [0.05, 0.1) is 11.5 Å². The van der Waals surface area contributed by atoms with Crippen LogP contribution < -0.4 is 4.72 Å². The van der Waals surface area contributed by atoms with E-state index in [1.54, 1.807) is 12.1 Å². The molecule has 0 amide bonds. The highest BCUT2D eigenvalue weighted by molar-refractivity contribution is 7.89. The van der Waals surface area contributed by atoms with Crippen LogP contribution in [0.2, 0.25) is 0 Å². The molecule has 1 rings (SSSR count). The Kier molecular flexibility index (Phi) is 6.61. The number of aryl methyl sites for hydroxylation is 1. The Hall–Kier alpha value is -0.950. The second kappa shape index (κ2) is 7.73. The van der Waals surface area contributed by atoms with Crippen LogP contribution in [0, 0.1) is 6.92 Å². The van der Waals surface area contributed by atoms with Crippen LogP contribution in [-0.4, -0.2) is 44.6 Å². The number of sulfonamides is 1. The van der Waals surface area contributed by atoms with E-state index in [4.69, 9.17) is 0 Å². The largest absolute Gasteiger partial charge is 0.392 e. The number of likely N-dealkylation sites (N-methyl/N-ethyl adjacent to an activating group) is 1. The van der Waals surface area contributed by atoms with E-state index in [-0.39, 0.29) is 11.5 Å². The van der Waals surface area contributed by atoms with Crippen molar-refractivity contribution >= 4 is 10.0 Å². The minimum atomic E-state index is -3.51. The first kappa shape index (κ1) is 17.1. The molecule has 114 valence electrons. The fourth-order valence-electron chi connectivity index (χ4n) is 1.95. The molecule has 0 aliphatic heterocycles. The van der Waals surface area contributed by atoms with Gasteiger partial charge in [-0.25, -0.2) is 13.1 Å². The topological polar surface area (TPSA) is 69.6 Å². The molecule has 0 aliphatic rings. The first-order valence-corrected chi connectivity index (χ1v) is 8.35. The summed E-state index contributed by atoms with van der Waals surface area (Å²) in [6.07, 6.45) is 0. The molecule has 0 radical (unpaired) electrons. The van der Waals surface area contributed by atoms with Crippen LogP contribution in [-0.2, 0) is 16.6 Å². The van der Waals surface area contributed by atoms with Crippen molar-refractivity contribution in [2.45, 2.75) is 32.3 Å². The third kappa shape index (κ3) is 4.56. The second-order valence-corrected chi connectivity index (χ2v) is 6.44. The molecule has 6 heteroatoms. The standard InChI is InChI=1S/C14H24N2O3S/c1-4-16(5-2)9-8-15-20(18,19)14-7-6-12(3)13(10-14)11-17/h6-7,10,15,17H,4-5,8-9,11H2,1-3H3.